The van der Waals surface area contributed by atoms with Crippen LogP contribution in [0.4, 0.5) is 13.6 Å². The van der Waals surface area contributed by atoms with Gasteiger partial charge in [0.25, 0.3) is 0 Å². The molecule has 0 aromatic heterocycles. The van der Waals surface area contributed by atoms with Gasteiger partial charge in [0, 0.05) is 23.7 Å². The minimum Gasteiger partial charge on any atom is -0.444 e. The van der Waals surface area contributed by atoms with Crippen LogP contribution in [0, 0.1) is 11.6 Å². The number of rotatable bonds is 3. The maximum atomic E-state index is 13.6. The van der Waals surface area contributed by atoms with E-state index >= 15 is 0 Å². The highest BCUT2D eigenvalue weighted by Crippen LogP contribution is 2.26. The van der Waals surface area contributed by atoms with E-state index in [1.807, 2.05) is 0 Å². The van der Waals surface area contributed by atoms with E-state index in [4.69, 9.17) is 9.47 Å². The number of carbonyl (C=O) groups is 1. The van der Waals surface area contributed by atoms with E-state index in [9.17, 15) is 13.6 Å². The number of halogens is 3. The van der Waals surface area contributed by atoms with Gasteiger partial charge >= 0.3 is 6.09 Å². The smallest absolute Gasteiger partial charge is 0.410 e. The first-order valence-corrected chi connectivity index (χ1v) is 8.67. The monoisotopic (exact) mass is 405 g/mol. The second kappa shape index (κ2) is 7.78. The molecular weight excluding hydrogens is 384 g/mol. The average molecular weight is 406 g/mol. The number of nitrogens with zero attached hydrogens (tertiary/aromatic N) is 1. The molecule has 0 unspecified atom stereocenters. The van der Waals surface area contributed by atoms with Crippen LogP contribution in [0.5, 0.6) is 0 Å². The summed E-state index contributed by atoms with van der Waals surface area (Å²) in [6, 6.07) is 2.12. The van der Waals surface area contributed by atoms with Crippen LogP contribution in [-0.4, -0.2) is 35.8 Å². The molecule has 0 atom stereocenters. The number of hydrogen-bond donors (Lipinski definition) is 0. The van der Waals surface area contributed by atoms with Gasteiger partial charge in [-0.25, -0.2) is 13.6 Å². The van der Waals surface area contributed by atoms with Crippen LogP contribution in [0.3, 0.4) is 0 Å². The van der Waals surface area contributed by atoms with Gasteiger partial charge in [0.05, 0.1) is 6.54 Å². The third-order valence-corrected chi connectivity index (χ3v) is 4.43. The number of amides is 1. The van der Waals surface area contributed by atoms with Crippen molar-refractivity contribution in [2.24, 2.45) is 0 Å². The first-order chi connectivity index (χ1) is 11.2. The maximum absolute atomic E-state index is 13.6. The topological polar surface area (TPSA) is 38.8 Å². The van der Waals surface area contributed by atoms with Crippen LogP contribution >= 0.6 is 15.9 Å². The fourth-order valence-corrected chi connectivity index (χ4v) is 2.97. The van der Waals surface area contributed by atoms with E-state index < -0.39 is 23.3 Å². The lowest BCUT2D eigenvalue weighted by atomic mass is 10.1. The lowest BCUT2D eigenvalue weighted by Gasteiger charge is -2.35. The molecule has 1 amide bonds. The molecule has 1 aromatic carbocycles. The normalized spacial score (nSPS) is 16.1. The fourth-order valence-electron chi connectivity index (χ4n) is 2.53. The molecule has 1 saturated heterocycles. The molecule has 24 heavy (non-hydrogen) atoms. The third-order valence-electron chi connectivity index (χ3n) is 3.69. The van der Waals surface area contributed by atoms with E-state index in [2.05, 4.69) is 15.9 Å². The van der Waals surface area contributed by atoms with Crippen LogP contribution in [0.1, 0.15) is 39.2 Å². The van der Waals surface area contributed by atoms with Gasteiger partial charge in [-0.2, -0.15) is 0 Å². The second-order valence-electron chi connectivity index (χ2n) is 6.81. The summed E-state index contributed by atoms with van der Waals surface area (Å²) in [6.07, 6.45) is 0.896. The number of benzene rings is 1. The molecule has 0 bridgehead atoms. The Hall–Kier alpha value is -1.21. The standard InChI is InChI=1S/C17H22BrF2NO3/c1-17(2,3)24-16(22)21(12-4-6-23-7-5-12)10-11-8-14(19)15(20)9-13(11)18/h8-9,12H,4-7,10H2,1-3H3. The second-order valence-corrected chi connectivity index (χ2v) is 7.66. The van der Waals surface area contributed by atoms with Gasteiger partial charge in [-0.15, -0.1) is 0 Å². The molecule has 1 aromatic rings. The molecule has 1 aliphatic rings. The Morgan fingerprint density at radius 1 is 1.29 bits per heavy atom. The van der Waals surface area contributed by atoms with Crippen molar-refractivity contribution in [3.63, 3.8) is 0 Å². The molecule has 1 aliphatic heterocycles. The van der Waals surface area contributed by atoms with Gasteiger partial charge in [-0.05, 0) is 51.3 Å². The predicted molar refractivity (Wildman–Crippen MR) is 89.7 cm³/mol. The zero-order valence-electron chi connectivity index (χ0n) is 14.1. The Bertz CT molecular complexity index is 598. The summed E-state index contributed by atoms with van der Waals surface area (Å²) in [5.41, 5.74) is -0.141. The van der Waals surface area contributed by atoms with Crippen LogP contribution in [0.2, 0.25) is 0 Å². The average Bonchev–Trinajstić information content (AvgIpc) is 2.48. The molecule has 0 radical (unpaired) electrons. The van der Waals surface area contributed by atoms with Gasteiger partial charge in [0.1, 0.15) is 5.60 Å². The Labute approximate surface area is 149 Å². The summed E-state index contributed by atoms with van der Waals surface area (Å²) in [6.45, 7) is 6.63. The highest BCUT2D eigenvalue weighted by molar-refractivity contribution is 9.10. The van der Waals surface area contributed by atoms with Crippen molar-refractivity contribution >= 4 is 22.0 Å². The van der Waals surface area contributed by atoms with Gasteiger partial charge in [0.15, 0.2) is 11.6 Å². The first-order valence-electron chi connectivity index (χ1n) is 7.88. The van der Waals surface area contributed by atoms with E-state index in [0.717, 1.165) is 12.1 Å². The molecule has 1 heterocycles. The van der Waals surface area contributed by atoms with Gasteiger partial charge < -0.3 is 14.4 Å². The van der Waals surface area contributed by atoms with Crippen LogP contribution in [0.25, 0.3) is 0 Å². The molecule has 4 nitrogen and oxygen atoms in total. The summed E-state index contributed by atoms with van der Waals surface area (Å²) >= 11 is 3.23. The lowest BCUT2D eigenvalue weighted by molar-refractivity contribution is -0.00816. The van der Waals surface area contributed by atoms with E-state index in [-0.39, 0.29) is 12.6 Å². The number of ether oxygens (including phenoxy) is 2. The van der Waals surface area contributed by atoms with Crippen LogP contribution in [-0.2, 0) is 16.0 Å². The molecular formula is C17H22BrF2NO3. The minimum atomic E-state index is -0.940. The molecule has 134 valence electrons. The molecule has 0 spiro atoms. The molecule has 0 saturated carbocycles. The number of carbonyl (C=O) groups excluding carboxylic acids is 1. The summed E-state index contributed by atoms with van der Waals surface area (Å²) in [7, 11) is 0. The molecule has 0 aliphatic carbocycles. The zero-order valence-corrected chi connectivity index (χ0v) is 15.7. The lowest BCUT2D eigenvalue weighted by Crippen LogP contribution is -2.45. The number of hydrogen-bond acceptors (Lipinski definition) is 3. The highest BCUT2D eigenvalue weighted by atomic mass is 79.9. The van der Waals surface area contributed by atoms with Crippen molar-refractivity contribution in [3.8, 4) is 0 Å². The third kappa shape index (κ3) is 5.14. The van der Waals surface area contributed by atoms with Crippen LogP contribution < -0.4 is 0 Å². The first kappa shape index (κ1) is 19.1. The quantitative estimate of drug-likeness (QED) is 0.687. The summed E-state index contributed by atoms with van der Waals surface area (Å²) in [5.74, 6) is -1.87. The summed E-state index contributed by atoms with van der Waals surface area (Å²) < 4.78 is 38.1. The van der Waals surface area contributed by atoms with Gasteiger partial charge in [0.2, 0.25) is 0 Å². The molecule has 2 rings (SSSR count). The Kier molecular flexibility index (Phi) is 6.20. The summed E-state index contributed by atoms with van der Waals surface area (Å²) in [4.78, 5) is 14.2. The molecule has 0 N–H and O–H groups in total. The van der Waals surface area contributed by atoms with E-state index in [1.165, 1.54) is 0 Å². The molecule has 1 fully saturated rings. The Morgan fingerprint density at radius 2 is 1.88 bits per heavy atom. The van der Waals surface area contributed by atoms with Crippen molar-refractivity contribution in [2.75, 3.05) is 13.2 Å². The minimum absolute atomic E-state index is 0.0615. The van der Waals surface area contributed by atoms with Crippen molar-refractivity contribution < 1.29 is 23.0 Å². The zero-order chi connectivity index (χ0) is 17.9. The SMILES string of the molecule is CC(C)(C)OC(=O)N(Cc1cc(F)c(F)cc1Br)C1CCOCC1. The van der Waals surface area contributed by atoms with Gasteiger partial charge in [-0.1, -0.05) is 15.9 Å². The maximum Gasteiger partial charge on any atom is 0.410 e. The van der Waals surface area contributed by atoms with Gasteiger partial charge in [-0.3, -0.25) is 0 Å². The largest absolute Gasteiger partial charge is 0.444 e. The Morgan fingerprint density at radius 3 is 2.46 bits per heavy atom. The van der Waals surface area contributed by atoms with E-state index in [1.54, 1.807) is 25.7 Å². The van der Waals surface area contributed by atoms with Crippen molar-refractivity contribution in [1.82, 2.24) is 4.90 Å². The van der Waals surface area contributed by atoms with Crippen molar-refractivity contribution in [2.45, 2.75) is 51.8 Å². The van der Waals surface area contributed by atoms with Crippen molar-refractivity contribution in [1.29, 1.82) is 0 Å². The fraction of sp³-hybridized carbons (Fsp3) is 0.588. The predicted octanol–water partition coefficient (Wildman–Crippen LogP) is 4.64. The highest BCUT2D eigenvalue weighted by Gasteiger charge is 2.30. The Balaban J connectivity index is 2.25. The molecule has 7 heteroatoms. The van der Waals surface area contributed by atoms with E-state index in [0.29, 0.717) is 36.1 Å². The van der Waals surface area contributed by atoms with Crippen LogP contribution in [0.15, 0.2) is 16.6 Å². The summed E-state index contributed by atoms with van der Waals surface area (Å²) in [5, 5.41) is 0. The van der Waals surface area contributed by atoms with Crippen molar-refractivity contribution in [3.05, 3.63) is 33.8 Å².